The van der Waals surface area contributed by atoms with Crippen molar-refractivity contribution in [2.24, 2.45) is 0 Å². The van der Waals surface area contributed by atoms with Gasteiger partial charge in [0.2, 0.25) is 0 Å². The highest BCUT2D eigenvalue weighted by molar-refractivity contribution is 5.88. The van der Waals surface area contributed by atoms with Gasteiger partial charge in [0.15, 0.2) is 5.82 Å². The number of aryl methyl sites for hydroxylation is 1. The molecular weight excluding hydrogens is 234 g/mol. The summed E-state index contributed by atoms with van der Waals surface area (Å²) >= 11 is 0. The van der Waals surface area contributed by atoms with Crippen molar-refractivity contribution in [2.45, 2.75) is 13.8 Å². The molecule has 0 aliphatic carbocycles. The molecule has 0 aromatic carbocycles. The van der Waals surface area contributed by atoms with Crippen molar-refractivity contribution in [1.82, 2.24) is 14.8 Å². The van der Waals surface area contributed by atoms with Crippen LogP contribution in [0.2, 0.25) is 0 Å². The molecule has 2 rings (SSSR count). The molecule has 0 bridgehead atoms. The highest BCUT2D eigenvalue weighted by Gasteiger charge is 2.16. The predicted octanol–water partition coefficient (Wildman–Crippen LogP) is 1.05. The summed E-state index contributed by atoms with van der Waals surface area (Å²) in [6.45, 7) is 3.81. The summed E-state index contributed by atoms with van der Waals surface area (Å²) in [6.07, 6.45) is 2.92. The molecule has 0 radical (unpaired) electrons. The summed E-state index contributed by atoms with van der Waals surface area (Å²) in [7, 11) is 0. The van der Waals surface area contributed by atoms with E-state index in [-0.39, 0.29) is 12.2 Å². The number of rotatable bonds is 3. The summed E-state index contributed by atoms with van der Waals surface area (Å²) in [5.41, 5.74) is 0.478. The highest BCUT2D eigenvalue weighted by atomic mass is 16.5. The van der Waals surface area contributed by atoms with Crippen LogP contribution in [0.4, 0.5) is 0 Å². The van der Waals surface area contributed by atoms with Gasteiger partial charge in [-0.3, -0.25) is 9.89 Å². The molecule has 0 aliphatic heterocycles. The minimum atomic E-state index is -0.634. The number of nitrogens with one attached hydrogen (secondary N) is 1. The van der Waals surface area contributed by atoms with Gasteiger partial charge in [0.25, 0.3) is 5.56 Å². The van der Waals surface area contributed by atoms with Gasteiger partial charge in [0, 0.05) is 12.4 Å². The number of esters is 1. The third kappa shape index (κ3) is 2.17. The first kappa shape index (κ1) is 12.1. The second-order valence-corrected chi connectivity index (χ2v) is 3.74. The topological polar surface area (TPSA) is 77.0 Å². The minimum Gasteiger partial charge on any atom is -0.462 e. The van der Waals surface area contributed by atoms with E-state index < -0.39 is 11.5 Å². The summed E-state index contributed by atoms with van der Waals surface area (Å²) in [5.74, 6) is -0.194. The third-order valence-electron chi connectivity index (χ3n) is 2.40. The fourth-order valence-corrected chi connectivity index (χ4v) is 1.54. The number of H-pyrrole nitrogens is 1. The van der Waals surface area contributed by atoms with Crippen LogP contribution in [0.15, 0.2) is 29.3 Å². The first-order valence-electron chi connectivity index (χ1n) is 5.54. The van der Waals surface area contributed by atoms with Crippen LogP contribution < -0.4 is 5.56 Å². The summed E-state index contributed by atoms with van der Waals surface area (Å²) in [6, 6.07) is 3.57. The minimum absolute atomic E-state index is 0.0276. The van der Waals surface area contributed by atoms with E-state index in [4.69, 9.17) is 4.74 Å². The molecule has 0 unspecified atom stereocenters. The second-order valence-electron chi connectivity index (χ2n) is 3.74. The molecule has 2 heterocycles. The van der Waals surface area contributed by atoms with Crippen molar-refractivity contribution in [2.75, 3.05) is 6.61 Å². The molecule has 0 fully saturated rings. The molecule has 0 aliphatic rings. The van der Waals surface area contributed by atoms with Gasteiger partial charge in [-0.2, -0.15) is 0 Å². The lowest BCUT2D eigenvalue weighted by Gasteiger charge is -2.00. The Kier molecular flexibility index (Phi) is 3.27. The van der Waals surface area contributed by atoms with Crippen molar-refractivity contribution in [3.63, 3.8) is 0 Å². The average Bonchev–Trinajstić information content (AvgIpc) is 2.71. The molecule has 2 aromatic rings. The normalized spacial score (nSPS) is 10.3. The fourth-order valence-electron chi connectivity index (χ4n) is 1.54. The maximum Gasteiger partial charge on any atom is 0.345 e. The SMILES string of the molecule is CCOC(=O)c1c[nH]n(-c2cc(C)ccn2)c1=O. The lowest BCUT2D eigenvalue weighted by atomic mass is 10.3. The zero-order valence-corrected chi connectivity index (χ0v) is 10.1. The Balaban J connectivity index is 2.43. The number of aromatic nitrogens is 3. The Morgan fingerprint density at radius 1 is 1.56 bits per heavy atom. The Bertz CT molecular complexity index is 627. The van der Waals surface area contributed by atoms with E-state index in [0.29, 0.717) is 5.82 Å². The van der Waals surface area contributed by atoms with Crippen LogP contribution in [0.1, 0.15) is 22.8 Å². The largest absolute Gasteiger partial charge is 0.462 e. The molecular formula is C12H13N3O3. The van der Waals surface area contributed by atoms with Gasteiger partial charge < -0.3 is 4.74 Å². The van der Waals surface area contributed by atoms with E-state index in [0.717, 1.165) is 5.56 Å². The molecule has 18 heavy (non-hydrogen) atoms. The molecule has 1 N–H and O–H groups in total. The van der Waals surface area contributed by atoms with Crippen molar-refractivity contribution < 1.29 is 9.53 Å². The molecule has 6 heteroatoms. The second kappa shape index (κ2) is 4.87. The van der Waals surface area contributed by atoms with Gasteiger partial charge >= 0.3 is 5.97 Å². The quantitative estimate of drug-likeness (QED) is 0.822. The molecule has 0 saturated carbocycles. The summed E-state index contributed by atoms with van der Waals surface area (Å²) in [4.78, 5) is 27.6. The van der Waals surface area contributed by atoms with E-state index in [9.17, 15) is 9.59 Å². The average molecular weight is 247 g/mol. The van der Waals surface area contributed by atoms with Crippen LogP contribution >= 0.6 is 0 Å². The zero-order valence-electron chi connectivity index (χ0n) is 10.1. The fraction of sp³-hybridized carbons (Fsp3) is 0.250. The van der Waals surface area contributed by atoms with Gasteiger partial charge in [-0.1, -0.05) is 0 Å². The van der Waals surface area contributed by atoms with Gasteiger partial charge in [0.1, 0.15) is 5.56 Å². The number of hydrogen-bond acceptors (Lipinski definition) is 4. The molecule has 0 spiro atoms. The molecule has 0 saturated heterocycles. The third-order valence-corrected chi connectivity index (χ3v) is 2.40. The number of nitrogens with zero attached hydrogens (tertiary/aromatic N) is 2. The lowest BCUT2D eigenvalue weighted by molar-refractivity contribution is 0.0525. The van der Waals surface area contributed by atoms with E-state index >= 15 is 0 Å². The first-order valence-corrected chi connectivity index (χ1v) is 5.54. The smallest absolute Gasteiger partial charge is 0.345 e. The van der Waals surface area contributed by atoms with E-state index in [2.05, 4.69) is 10.1 Å². The Morgan fingerprint density at radius 2 is 2.33 bits per heavy atom. The Labute approximate surface area is 103 Å². The number of hydrogen-bond donors (Lipinski definition) is 1. The van der Waals surface area contributed by atoms with Crippen LogP contribution in [-0.2, 0) is 4.74 Å². The molecule has 0 atom stereocenters. The maximum absolute atomic E-state index is 12.0. The number of ether oxygens (including phenoxy) is 1. The number of carbonyl (C=O) groups excluding carboxylic acids is 1. The Morgan fingerprint density at radius 3 is 3.00 bits per heavy atom. The number of pyridine rings is 1. The van der Waals surface area contributed by atoms with Crippen molar-refractivity contribution in [1.29, 1.82) is 0 Å². The van der Waals surface area contributed by atoms with Crippen LogP contribution in [0.3, 0.4) is 0 Å². The van der Waals surface area contributed by atoms with Crippen LogP contribution in [0, 0.1) is 6.92 Å². The molecule has 0 amide bonds. The Hall–Kier alpha value is -2.37. The monoisotopic (exact) mass is 247 g/mol. The highest BCUT2D eigenvalue weighted by Crippen LogP contribution is 2.04. The van der Waals surface area contributed by atoms with Gasteiger partial charge in [-0.15, -0.1) is 0 Å². The van der Waals surface area contributed by atoms with Crippen molar-refractivity contribution in [3.05, 3.63) is 46.0 Å². The summed E-state index contributed by atoms with van der Waals surface area (Å²) < 4.78 is 6.00. The first-order chi connectivity index (χ1) is 8.63. The molecule has 2 aromatic heterocycles. The van der Waals surface area contributed by atoms with E-state index in [1.54, 1.807) is 19.2 Å². The maximum atomic E-state index is 12.0. The van der Waals surface area contributed by atoms with E-state index in [1.165, 1.54) is 10.9 Å². The predicted molar refractivity (Wildman–Crippen MR) is 64.9 cm³/mol. The summed E-state index contributed by atoms with van der Waals surface area (Å²) in [5, 5.41) is 2.70. The molecule has 94 valence electrons. The molecule has 6 nitrogen and oxygen atoms in total. The van der Waals surface area contributed by atoms with Crippen LogP contribution in [0.25, 0.3) is 5.82 Å². The van der Waals surface area contributed by atoms with Crippen molar-refractivity contribution in [3.8, 4) is 5.82 Å². The van der Waals surface area contributed by atoms with Crippen LogP contribution in [-0.4, -0.2) is 27.3 Å². The van der Waals surface area contributed by atoms with Gasteiger partial charge in [-0.25, -0.2) is 14.5 Å². The van der Waals surface area contributed by atoms with Crippen molar-refractivity contribution >= 4 is 5.97 Å². The number of carbonyl (C=O) groups is 1. The van der Waals surface area contributed by atoms with Gasteiger partial charge in [-0.05, 0) is 31.5 Å². The van der Waals surface area contributed by atoms with E-state index in [1.807, 2.05) is 13.0 Å². The number of aromatic amines is 1. The van der Waals surface area contributed by atoms with Crippen LogP contribution in [0.5, 0.6) is 0 Å². The van der Waals surface area contributed by atoms with Gasteiger partial charge in [0.05, 0.1) is 6.61 Å². The zero-order chi connectivity index (χ0) is 13.1. The lowest BCUT2D eigenvalue weighted by Crippen LogP contribution is -2.22. The standard InChI is InChI=1S/C12H13N3O3/c1-3-18-12(17)9-7-14-15(11(9)16)10-6-8(2)4-5-13-10/h4-7,14H,3H2,1-2H3.